The third-order valence-corrected chi connectivity index (χ3v) is 5.63. The van der Waals surface area contributed by atoms with Crippen LogP contribution in [-0.4, -0.2) is 30.2 Å². The van der Waals surface area contributed by atoms with E-state index < -0.39 is 23.8 Å². The molecule has 0 saturated heterocycles. The van der Waals surface area contributed by atoms with Gasteiger partial charge in [0.05, 0.1) is 12.1 Å². The molecule has 0 saturated carbocycles. The van der Waals surface area contributed by atoms with Crippen molar-refractivity contribution in [3.05, 3.63) is 70.3 Å². The van der Waals surface area contributed by atoms with E-state index in [1.165, 1.54) is 28.8 Å². The van der Waals surface area contributed by atoms with Gasteiger partial charge in [0.25, 0.3) is 0 Å². The van der Waals surface area contributed by atoms with E-state index in [9.17, 15) is 18.7 Å². The Labute approximate surface area is 170 Å². The minimum absolute atomic E-state index is 0.136. The number of carbonyl (C=O) groups excluding carboxylic acids is 1. The molecule has 1 aliphatic carbocycles. The second kappa shape index (κ2) is 9.94. The largest absolute Gasteiger partial charge is 0.390 e. The number of hydrogen-bond acceptors (Lipinski definition) is 3. The summed E-state index contributed by atoms with van der Waals surface area (Å²) in [6, 6.07) is 9.31. The lowest BCUT2D eigenvalue weighted by Crippen LogP contribution is -2.46. The molecule has 3 rings (SSSR count). The van der Waals surface area contributed by atoms with Gasteiger partial charge in [0.2, 0.25) is 6.41 Å². The van der Waals surface area contributed by atoms with Crippen molar-refractivity contribution in [2.24, 2.45) is 0 Å². The Morgan fingerprint density at radius 3 is 2.62 bits per heavy atom. The van der Waals surface area contributed by atoms with Gasteiger partial charge in [-0.15, -0.1) is 0 Å². The average Bonchev–Trinajstić information content (AvgIpc) is 2.70. The van der Waals surface area contributed by atoms with Crippen LogP contribution in [0.3, 0.4) is 0 Å². The van der Waals surface area contributed by atoms with Gasteiger partial charge in [-0.05, 0) is 66.5 Å². The molecular weight excluding hydrogens is 374 g/mol. The highest BCUT2D eigenvalue weighted by molar-refractivity contribution is 5.47. The molecule has 0 spiro atoms. The second-order valence-corrected chi connectivity index (χ2v) is 7.68. The lowest BCUT2D eigenvalue weighted by atomic mass is 9.86. The monoisotopic (exact) mass is 402 g/mol. The Balaban J connectivity index is 1.66. The molecule has 3 N–H and O–H groups in total. The van der Waals surface area contributed by atoms with Gasteiger partial charge in [-0.25, -0.2) is 8.78 Å². The zero-order valence-corrected chi connectivity index (χ0v) is 16.6. The number of aliphatic hydroxyl groups excluding tert-OH is 1. The Morgan fingerprint density at radius 1 is 1.17 bits per heavy atom. The number of carbonyl (C=O) groups is 1. The van der Waals surface area contributed by atoms with Gasteiger partial charge in [-0.3, -0.25) is 4.79 Å². The van der Waals surface area contributed by atoms with Crippen LogP contribution in [0.4, 0.5) is 8.78 Å². The van der Waals surface area contributed by atoms with Crippen LogP contribution in [0.1, 0.15) is 48.1 Å². The molecular formula is C23H28F2N2O2. The molecule has 2 aromatic carbocycles. The molecule has 1 aliphatic rings. The maximum atomic E-state index is 13.5. The molecule has 0 aliphatic heterocycles. The van der Waals surface area contributed by atoms with E-state index in [2.05, 4.69) is 35.8 Å². The molecule has 1 amide bonds. The Kier molecular flexibility index (Phi) is 7.34. The summed E-state index contributed by atoms with van der Waals surface area (Å²) in [5, 5.41) is 16.6. The number of rotatable bonds is 9. The molecule has 156 valence electrons. The highest BCUT2D eigenvalue weighted by Crippen LogP contribution is 2.30. The number of benzene rings is 2. The molecule has 0 bridgehead atoms. The SMILES string of the molecule is CCc1ccc2c(c1)C(NCC(O)C(Cc1cc(F)cc(F)c1)NC=O)CCC2. The van der Waals surface area contributed by atoms with Gasteiger partial charge in [-0.2, -0.15) is 0 Å². The van der Waals surface area contributed by atoms with Gasteiger partial charge >= 0.3 is 0 Å². The average molecular weight is 402 g/mol. The van der Waals surface area contributed by atoms with Crippen molar-refractivity contribution >= 4 is 6.41 Å². The molecule has 2 aromatic rings. The van der Waals surface area contributed by atoms with Gasteiger partial charge in [-0.1, -0.05) is 25.1 Å². The summed E-state index contributed by atoms with van der Waals surface area (Å²) in [4.78, 5) is 11.0. The quantitative estimate of drug-likeness (QED) is 0.565. The standard InChI is InChI=1S/C23H28F2N2O2/c1-2-15-6-7-17-4-3-5-21(20(17)10-15)26-13-23(29)22(27-14-28)11-16-8-18(24)12-19(25)9-16/h6-10,12,14,21-23,26,29H,2-5,11,13H2,1H3,(H,27,28). The van der Waals surface area contributed by atoms with Crippen molar-refractivity contribution in [2.45, 2.75) is 57.2 Å². The summed E-state index contributed by atoms with van der Waals surface area (Å²) in [7, 11) is 0. The minimum Gasteiger partial charge on any atom is -0.390 e. The summed E-state index contributed by atoms with van der Waals surface area (Å²) in [6.07, 6.45) is 3.83. The van der Waals surface area contributed by atoms with E-state index in [-0.39, 0.29) is 19.0 Å². The zero-order chi connectivity index (χ0) is 20.8. The number of aryl methyl sites for hydroxylation is 2. The van der Waals surface area contributed by atoms with Gasteiger partial charge in [0.1, 0.15) is 11.6 Å². The van der Waals surface area contributed by atoms with Crippen LogP contribution in [0.2, 0.25) is 0 Å². The molecule has 3 unspecified atom stereocenters. The highest BCUT2D eigenvalue weighted by Gasteiger charge is 2.24. The van der Waals surface area contributed by atoms with Crippen molar-refractivity contribution in [2.75, 3.05) is 6.54 Å². The Bertz CT molecular complexity index is 823. The Hall–Kier alpha value is -2.31. The van der Waals surface area contributed by atoms with Crippen molar-refractivity contribution in [1.29, 1.82) is 0 Å². The second-order valence-electron chi connectivity index (χ2n) is 7.68. The number of hydrogen-bond donors (Lipinski definition) is 3. The fourth-order valence-corrected chi connectivity index (χ4v) is 4.06. The van der Waals surface area contributed by atoms with Gasteiger partial charge in [0.15, 0.2) is 0 Å². The molecule has 4 nitrogen and oxygen atoms in total. The third-order valence-electron chi connectivity index (χ3n) is 5.63. The molecule has 3 atom stereocenters. The first kappa shape index (κ1) is 21.4. The Morgan fingerprint density at radius 2 is 1.93 bits per heavy atom. The predicted octanol–water partition coefficient (Wildman–Crippen LogP) is 3.21. The van der Waals surface area contributed by atoms with Crippen LogP contribution >= 0.6 is 0 Å². The van der Waals surface area contributed by atoms with E-state index in [1.54, 1.807) is 0 Å². The first-order valence-electron chi connectivity index (χ1n) is 10.2. The van der Waals surface area contributed by atoms with Crippen LogP contribution in [0.15, 0.2) is 36.4 Å². The van der Waals surface area contributed by atoms with E-state index in [1.807, 2.05) is 0 Å². The van der Waals surface area contributed by atoms with Crippen molar-refractivity contribution in [1.82, 2.24) is 10.6 Å². The normalized spacial score (nSPS) is 18.0. The molecule has 6 heteroatoms. The lowest BCUT2D eigenvalue weighted by molar-refractivity contribution is -0.110. The molecule has 0 radical (unpaired) electrons. The van der Waals surface area contributed by atoms with Crippen molar-refractivity contribution in [3.8, 4) is 0 Å². The van der Waals surface area contributed by atoms with Crippen molar-refractivity contribution in [3.63, 3.8) is 0 Å². The summed E-state index contributed by atoms with van der Waals surface area (Å²) in [5.74, 6) is -1.36. The fraction of sp³-hybridized carbons (Fsp3) is 0.435. The number of amides is 1. The number of fused-ring (bicyclic) bond motifs is 1. The first-order valence-corrected chi connectivity index (χ1v) is 10.2. The number of nitrogens with one attached hydrogen (secondary N) is 2. The zero-order valence-electron chi connectivity index (χ0n) is 16.6. The maximum Gasteiger partial charge on any atom is 0.207 e. The maximum absolute atomic E-state index is 13.5. The molecule has 0 aromatic heterocycles. The fourth-order valence-electron chi connectivity index (χ4n) is 4.06. The van der Waals surface area contributed by atoms with Crippen LogP contribution in [-0.2, 0) is 24.1 Å². The van der Waals surface area contributed by atoms with Crippen molar-refractivity contribution < 1.29 is 18.7 Å². The third kappa shape index (κ3) is 5.61. The first-order chi connectivity index (χ1) is 14.0. The summed E-state index contributed by atoms with van der Waals surface area (Å²) in [5.41, 5.74) is 4.27. The lowest BCUT2D eigenvalue weighted by Gasteiger charge is -2.30. The molecule has 0 heterocycles. The smallest absolute Gasteiger partial charge is 0.207 e. The molecule has 29 heavy (non-hydrogen) atoms. The number of aliphatic hydroxyl groups is 1. The summed E-state index contributed by atoms with van der Waals surface area (Å²) >= 11 is 0. The van der Waals surface area contributed by atoms with Crippen LogP contribution in [0.5, 0.6) is 0 Å². The predicted molar refractivity (Wildman–Crippen MR) is 109 cm³/mol. The number of halogens is 2. The van der Waals surface area contributed by atoms with E-state index in [0.29, 0.717) is 12.0 Å². The summed E-state index contributed by atoms with van der Waals surface area (Å²) < 4.78 is 26.9. The topological polar surface area (TPSA) is 61.4 Å². The molecule has 0 fully saturated rings. The van der Waals surface area contributed by atoms with E-state index >= 15 is 0 Å². The van der Waals surface area contributed by atoms with Crippen LogP contribution in [0.25, 0.3) is 0 Å². The van der Waals surface area contributed by atoms with Gasteiger partial charge < -0.3 is 15.7 Å². The summed E-state index contributed by atoms with van der Waals surface area (Å²) in [6.45, 7) is 2.39. The highest BCUT2D eigenvalue weighted by atomic mass is 19.1. The minimum atomic E-state index is -0.897. The van der Waals surface area contributed by atoms with Crippen LogP contribution in [0, 0.1) is 11.6 Å². The van der Waals surface area contributed by atoms with Gasteiger partial charge in [0, 0.05) is 18.7 Å². The van der Waals surface area contributed by atoms with Crippen LogP contribution < -0.4 is 10.6 Å². The van der Waals surface area contributed by atoms with E-state index in [4.69, 9.17) is 0 Å². The van der Waals surface area contributed by atoms with E-state index in [0.717, 1.165) is 31.7 Å².